The van der Waals surface area contributed by atoms with Crippen LogP contribution in [-0.4, -0.2) is 65.6 Å². The second kappa shape index (κ2) is 7.24. The standard InChI is InChI=1S/C21H30N4O2/c1-15-5-6-17-19(16(15)2)23-18(22-17)13-24-10-8-21(14-24)7-4-9-25(20(21)26)11-12-27-3/h5-6H,4,7-14H2,1-3H3,(H,22,23). The van der Waals surface area contributed by atoms with Gasteiger partial charge in [-0.3, -0.25) is 9.69 Å². The molecule has 1 spiro atoms. The monoisotopic (exact) mass is 370 g/mol. The van der Waals surface area contributed by atoms with Crippen LogP contribution < -0.4 is 0 Å². The number of hydrogen-bond donors (Lipinski definition) is 1. The van der Waals surface area contributed by atoms with Crippen LogP contribution in [0, 0.1) is 19.3 Å². The number of fused-ring (bicyclic) bond motifs is 1. The number of methoxy groups -OCH3 is 1. The zero-order chi connectivity index (χ0) is 19.0. The molecule has 2 saturated heterocycles. The first-order chi connectivity index (χ1) is 13.0. The first-order valence-corrected chi connectivity index (χ1v) is 9.98. The van der Waals surface area contributed by atoms with E-state index in [4.69, 9.17) is 9.72 Å². The van der Waals surface area contributed by atoms with E-state index in [1.54, 1.807) is 7.11 Å². The van der Waals surface area contributed by atoms with Crippen LogP contribution in [0.5, 0.6) is 0 Å². The number of likely N-dealkylation sites (tertiary alicyclic amines) is 2. The molecule has 2 aromatic rings. The summed E-state index contributed by atoms with van der Waals surface area (Å²) in [7, 11) is 1.69. The summed E-state index contributed by atoms with van der Waals surface area (Å²) in [6.45, 7) is 9.01. The number of nitrogens with zero attached hydrogens (tertiary/aromatic N) is 3. The van der Waals surface area contributed by atoms with Gasteiger partial charge in [0, 0.05) is 26.7 Å². The van der Waals surface area contributed by atoms with Crippen LogP contribution in [0.1, 0.15) is 36.2 Å². The molecule has 27 heavy (non-hydrogen) atoms. The number of aromatic amines is 1. The Morgan fingerprint density at radius 3 is 2.93 bits per heavy atom. The summed E-state index contributed by atoms with van der Waals surface area (Å²) in [4.78, 5) is 25.8. The third kappa shape index (κ3) is 3.36. The lowest BCUT2D eigenvalue weighted by Gasteiger charge is -2.39. The van der Waals surface area contributed by atoms with Crippen molar-refractivity contribution in [3.63, 3.8) is 0 Å². The number of piperidine rings is 1. The van der Waals surface area contributed by atoms with Gasteiger partial charge in [-0.1, -0.05) is 6.07 Å². The van der Waals surface area contributed by atoms with Crippen LogP contribution in [0.2, 0.25) is 0 Å². The number of nitrogens with one attached hydrogen (secondary N) is 1. The maximum atomic E-state index is 13.1. The molecule has 1 amide bonds. The van der Waals surface area contributed by atoms with Gasteiger partial charge in [-0.15, -0.1) is 0 Å². The second-order valence-electron chi connectivity index (χ2n) is 8.22. The van der Waals surface area contributed by atoms with Gasteiger partial charge in [0.2, 0.25) is 5.91 Å². The predicted octanol–water partition coefficient (Wildman–Crippen LogP) is 2.64. The van der Waals surface area contributed by atoms with Gasteiger partial charge < -0.3 is 14.6 Å². The highest BCUT2D eigenvalue weighted by atomic mass is 16.5. The van der Waals surface area contributed by atoms with Crippen molar-refractivity contribution in [2.24, 2.45) is 5.41 Å². The van der Waals surface area contributed by atoms with Gasteiger partial charge in [0.05, 0.1) is 29.6 Å². The van der Waals surface area contributed by atoms with Crippen molar-refractivity contribution < 1.29 is 9.53 Å². The van der Waals surface area contributed by atoms with Crippen molar-refractivity contribution in [1.82, 2.24) is 19.8 Å². The summed E-state index contributed by atoms with van der Waals surface area (Å²) < 4.78 is 5.17. The Kier molecular flexibility index (Phi) is 4.95. The van der Waals surface area contributed by atoms with Gasteiger partial charge in [-0.25, -0.2) is 4.98 Å². The highest BCUT2D eigenvalue weighted by molar-refractivity contribution is 5.84. The second-order valence-corrected chi connectivity index (χ2v) is 8.22. The van der Waals surface area contributed by atoms with Crippen LogP contribution in [0.15, 0.2) is 12.1 Å². The smallest absolute Gasteiger partial charge is 0.230 e. The van der Waals surface area contributed by atoms with E-state index in [1.807, 2.05) is 4.90 Å². The number of carbonyl (C=O) groups is 1. The number of rotatable bonds is 5. The van der Waals surface area contributed by atoms with Crippen molar-refractivity contribution in [3.05, 3.63) is 29.1 Å². The molecule has 6 nitrogen and oxygen atoms in total. The van der Waals surface area contributed by atoms with Gasteiger partial charge in [0.1, 0.15) is 5.82 Å². The fraction of sp³-hybridized carbons (Fsp3) is 0.619. The Balaban J connectivity index is 1.46. The third-order valence-corrected chi connectivity index (χ3v) is 6.42. The number of amides is 1. The van der Waals surface area contributed by atoms with E-state index in [9.17, 15) is 4.79 Å². The molecule has 2 aliphatic heterocycles. The normalized spacial score (nSPS) is 23.8. The number of aromatic nitrogens is 2. The number of carbonyl (C=O) groups excluding carboxylic acids is 1. The zero-order valence-corrected chi connectivity index (χ0v) is 16.7. The van der Waals surface area contributed by atoms with E-state index in [2.05, 4.69) is 35.9 Å². The number of hydrogen-bond acceptors (Lipinski definition) is 4. The molecule has 4 rings (SSSR count). The van der Waals surface area contributed by atoms with Crippen LogP contribution >= 0.6 is 0 Å². The Hall–Kier alpha value is -1.92. The minimum atomic E-state index is -0.204. The van der Waals surface area contributed by atoms with Gasteiger partial charge in [0.25, 0.3) is 0 Å². The summed E-state index contributed by atoms with van der Waals surface area (Å²) in [6.07, 6.45) is 3.05. The molecule has 1 unspecified atom stereocenters. The molecule has 0 radical (unpaired) electrons. The largest absolute Gasteiger partial charge is 0.383 e. The zero-order valence-electron chi connectivity index (χ0n) is 16.7. The molecule has 1 N–H and O–H groups in total. The Morgan fingerprint density at radius 1 is 1.26 bits per heavy atom. The van der Waals surface area contributed by atoms with Crippen molar-refractivity contribution >= 4 is 16.9 Å². The molecule has 0 saturated carbocycles. The lowest BCUT2D eigenvalue weighted by atomic mass is 9.78. The van der Waals surface area contributed by atoms with Crippen molar-refractivity contribution in [2.45, 2.75) is 39.7 Å². The minimum absolute atomic E-state index is 0.204. The molecular formula is C21H30N4O2. The number of imidazole rings is 1. The van der Waals surface area contributed by atoms with Crippen LogP contribution in [0.25, 0.3) is 11.0 Å². The molecule has 1 atom stereocenters. The molecule has 146 valence electrons. The maximum absolute atomic E-state index is 13.1. The average Bonchev–Trinajstić information content (AvgIpc) is 3.25. The van der Waals surface area contributed by atoms with Crippen molar-refractivity contribution in [1.29, 1.82) is 0 Å². The molecule has 1 aromatic heterocycles. The highest BCUT2D eigenvalue weighted by Crippen LogP contribution is 2.40. The fourth-order valence-corrected chi connectivity index (χ4v) is 4.69. The van der Waals surface area contributed by atoms with Gasteiger partial charge in [0.15, 0.2) is 0 Å². The Bertz CT molecular complexity index is 846. The summed E-state index contributed by atoms with van der Waals surface area (Å²) in [5.74, 6) is 1.32. The number of H-pyrrole nitrogens is 1. The first kappa shape index (κ1) is 18.4. The predicted molar refractivity (Wildman–Crippen MR) is 106 cm³/mol. The quantitative estimate of drug-likeness (QED) is 0.879. The lowest BCUT2D eigenvalue weighted by molar-refractivity contribution is -0.146. The molecule has 3 heterocycles. The van der Waals surface area contributed by atoms with Crippen LogP contribution in [-0.2, 0) is 16.1 Å². The van der Waals surface area contributed by atoms with E-state index in [0.717, 1.165) is 62.3 Å². The highest BCUT2D eigenvalue weighted by Gasteiger charge is 2.48. The lowest BCUT2D eigenvalue weighted by Crippen LogP contribution is -2.50. The van der Waals surface area contributed by atoms with E-state index in [1.165, 1.54) is 11.1 Å². The molecule has 2 fully saturated rings. The number of aryl methyl sites for hydroxylation is 2. The molecule has 6 heteroatoms. The molecular weight excluding hydrogens is 340 g/mol. The molecule has 2 aliphatic rings. The van der Waals surface area contributed by atoms with Crippen molar-refractivity contribution in [3.8, 4) is 0 Å². The van der Waals surface area contributed by atoms with Crippen LogP contribution in [0.4, 0.5) is 0 Å². The van der Waals surface area contributed by atoms with E-state index >= 15 is 0 Å². The van der Waals surface area contributed by atoms with Gasteiger partial charge in [-0.05, 0) is 56.8 Å². The third-order valence-electron chi connectivity index (χ3n) is 6.42. The minimum Gasteiger partial charge on any atom is -0.383 e. The fourth-order valence-electron chi connectivity index (χ4n) is 4.69. The molecule has 1 aromatic carbocycles. The van der Waals surface area contributed by atoms with Crippen LogP contribution in [0.3, 0.4) is 0 Å². The molecule has 0 aliphatic carbocycles. The summed E-state index contributed by atoms with van der Waals surface area (Å²) in [5, 5.41) is 0. The summed E-state index contributed by atoms with van der Waals surface area (Å²) in [6, 6.07) is 4.25. The molecule has 0 bridgehead atoms. The van der Waals surface area contributed by atoms with E-state index in [0.29, 0.717) is 19.1 Å². The van der Waals surface area contributed by atoms with Gasteiger partial charge in [-0.2, -0.15) is 0 Å². The van der Waals surface area contributed by atoms with E-state index in [-0.39, 0.29) is 5.41 Å². The van der Waals surface area contributed by atoms with E-state index < -0.39 is 0 Å². The summed E-state index contributed by atoms with van der Waals surface area (Å²) in [5.41, 5.74) is 4.47. The first-order valence-electron chi connectivity index (χ1n) is 9.98. The van der Waals surface area contributed by atoms with Gasteiger partial charge >= 0.3 is 0 Å². The maximum Gasteiger partial charge on any atom is 0.230 e. The topological polar surface area (TPSA) is 61.5 Å². The Labute approximate surface area is 160 Å². The van der Waals surface area contributed by atoms with Crippen molar-refractivity contribution in [2.75, 3.05) is 39.9 Å². The average molecular weight is 370 g/mol. The summed E-state index contributed by atoms with van der Waals surface area (Å²) >= 11 is 0. The SMILES string of the molecule is COCCN1CCCC2(CCN(Cc3nc4c(C)c(C)ccc4[nH]3)C2)C1=O. The Morgan fingerprint density at radius 2 is 2.11 bits per heavy atom. The number of ether oxygens (including phenoxy) is 1. The number of benzene rings is 1.